The predicted molar refractivity (Wildman–Crippen MR) is 60.1 cm³/mol. The zero-order chi connectivity index (χ0) is 11.2. The lowest BCUT2D eigenvalue weighted by Gasteiger charge is -2.38. The summed E-state index contributed by atoms with van der Waals surface area (Å²) in [6.45, 7) is 2.06. The number of likely N-dealkylation sites (tertiary alicyclic amines) is 1. The van der Waals surface area contributed by atoms with Gasteiger partial charge in [0.25, 0.3) is 5.91 Å². The summed E-state index contributed by atoms with van der Waals surface area (Å²) in [5.74, 6) is 0.0349. The molecule has 16 heavy (non-hydrogen) atoms. The number of fused-ring (bicyclic) bond motifs is 2. The second-order valence-corrected chi connectivity index (χ2v) is 4.76. The summed E-state index contributed by atoms with van der Waals surface area (Å²) in [6, 6.07) is 1.98. The molecule has 4 nitrogen and oxygen atoms in total. The summed E-state index contributed by atoms with van der Waals surface area (Å²) in [7, 11) is 2.12. The molecular formula is C12H15N3O. The van der Waals surface area contributed by atoms with Gasteiger partial charge in [-0.15, -0.1) is 0 Å². The topological polar surface area (TPSA) is 45.2 Å². The Morgan fingerprint density at radius 2 is 2.19 bits per heavy atom. The van der Waals surface area contributed by atoms with E-state index in [9.17, 15) is 4.79 Å². The van der Waals surface area contributed by atoms with Crippen molar-refractivity contribution in [3.63, 3.8) is 0 Å². The minimum atomic E-state index is -0.123. The molecule has 84 valence electrons. The van der Waals surface area contributed by atoms with Gasteiger partial charge in [-0.1, -0.05) is 0 Å². The Morgan fingerprint density at radius 1 is 1.44 bits per heavy atom. The Kier molecular flexibility index (Phi) is 2.01. The average molecular weight is 217 g/mol. The van der Waals surface area contributed by atoms with E-state index in [0.717, 1.165) is 37.1 Å². The molecule has 1 saturated heterocycles. The highest BCUT2D eigenvalue weighted by Gasteiger charge is 2.44. The Balaban J connectivity index is 2.02. The van der Waals surface area contributed by atoms with Crippen molar-refractivity contribution in [2.24, 2.45) is 0 Å². The van der Waals surface area contributed by atoms with Gasteiger partial charge < -0.3 is 10.2 Å². The Hall–Kier alpha value is -1.42. The second kappa shape index (κ2) is 3.28. The molecule has 1 aromatic heterocycles. The van der Waals surface area contributed by atoms with Gasteiger partial charge in [-0.2, -0.15) is 0 Å². The molecule has 3 heterocycles. The minimum absolute atomic E-state index is 0.0349. The number of nitrogens with one attached hydrogen (secondary N) is 1. The van der Waals surface area contributed by atoms with E-state index < -0.39 is 0 Å². The molecule has 0 bridgehead atoms. The summed E-state index contributed by atoms with van der Waals surface area (Å²) < 4.78 is 0. The highest BCUT2D eigenvalue weighted by molar-refractivity contribution is 5.99. The van der Waals surface area contributed by atoms with E-state index in [4.69, 9.17) is 0 Å². The van der Waals surface area contributed by atoms with Gasteiger partial charge in [0.2, 0.25) is 0 Å². The summed E-state index contributed by atoms with van der Waals surface area (Å²) in [4.78, 5) is 18.2. The molecule has 1 N–H and O–H groups in total. The van der Waals surface area contributed by atoms with Crippen LogP contribution in [0.15, 0.2) is 18.5 Å². The molecule has 1 fully saturated rings. The van der Waals surface area contributed by atoms with Gasteiger partial charge in [0, 0.05) is 25.5 Å². The fraction of sp³-hybridized carbons (Fsp3) is 0.500. The van der Waals surface area contributed by atoms with Crippen LogP contribution in [-0.2, 0) is 5.54 Å². The van der Waals surface area contributed by atoms with Crippen molar-refractivity contribution in [2.75, 3.05) is 20.1 Å². The molecule has 0 radical (unpaired) electrons. The van der Waals surface area contributed by atoms with Crippen LogP contribution in [0.2, 0.25) is 0 Å². The lowest BCUT2D eigenvalue weighted by atomic mass is 9.82. The monoisotopic (exact) mass is 217 g/mol. The summed E-state index contributed by atoms with van der Waals surface area (Å²) in [6.07, 6.45) is 5.44. The van der Waals surface area contributed by atoms with Crippen molar-refractivity contribution in [1.29, 1.82) is 0 Å². The maximum atomic E-state index is 11.9. The van der Waals surface area contributed by atoms with Crippen molar-refractivity contribution in [3.8, 4) is 0 Å². The second-order valence-electron chi connectivity index (χ2n) is 4.76. The van der Waals surface area contributed by atoms with E-state index in [0.29, 0.717) is 0 Å². The molecular weight excluding hydrogens is 202 g/mol. The number of rotatable bonds is 0. The maximum absolute atomic E-state index is 11.9. The third-order valence-corrected chi connectivity index (χ3v) is 3.77. The summed E-state index contributed by atoms with van der Waals surface area (Å²) in [5, 5.41) is 3.15. The van der Waals surface area contributed by atoms with Crippen molar-refractivity contribution < 1.29 is 4.79 Å². The number of carbonyl (C=O) groups is 1. The predicted octanol–water partition coefficient (Wildman–Crippen LogP) is 0.746. The first-order valence-electron chi connectivity index (χ1n) is 5.67. The van der Waals surface area contributed by atoms with Crippen LogP contribution in [-0.4, -0.2) is 35.9 Å². The quantitative estimate of drug-likeness (QED) is 0.697. The number of amides is 1. The number of carbonyl (C=O) groups excluding carboxylic acids is 1. The first-order valence-corrected chi connectivity index (χ1v) is 5.67. The first-order chi connectivity index (χ1) is 7.71. The third-order valence-electron chi connectivity index (χ3n) is 3.77. The fourth-order valence-corrected chi connectivity index (χ4v) is 2.74. The van der Waals surface area contributed by atoms with Crippen LogP contribution in [0.5, 0.6) is 0 Å². The molecule has 1 aromatic rings. The van der Waals surface area contributed by atoms with E-state index in [1.165, 1.54) is 0 Å². The third kappa shape index (κ3) is 1.26. The van der Waals surface area contributed by atoms with Gasteiger partial charge >= 0.3 is 0 Å². The number of hydrogen-bond acceptors (Lipinski definition) is 3. The lowest BCUT2D eigenvalue weighted by Crippen LogP contribution is -2.48. The highest BCUT2D eigenvalue weighted by Crippen LogP contribution is 2.38. The van der Waals surface area contributed by atoms with Gasteiger partial charge in [0.1, 0.15) is 0 Å². The molecule has 4 heteroatoms. The van der Waals surface area contributed by atoms with Crippen LogP contribution in [0.25, 0.3) is 0 Å². The van der Waals surface area contributed by atoms with E-state index in [1.54, 1.807) is 12.4 Å². The Morgan fingerprint density at radius 3 is 2.94 bits per heavy atom. The number of piperidine rings is 1. The molecule has 1 amide bonds. The largest absolute Gasteiger partial charge is 0.342 e. The molecule has 0 unspecified atom stereocenters. The Labute approximate surface area is 94.7 Å². The van der Waals surface area contributed by atoms with E-state index in [1.807, 2.05) is 6.07 Å². The standard InChI is InChI=1S/C12H15N3O/c1-15-6-3-12(4-7-15)10-2-5-13-8-9(10)11(16)14-12/h2,5,8H,3-4,6-7H2,1H3,(H,14,16). The average Bonchev–Trinajstić information content (AvgIpc) is 2.58. The van der Waals surface area contributed by atoms with Gasteiger partial charge in [-0.3, -0.25) is 9.78 Å². The molecule has 1 spiro atoms. The molecule has 3 rings (SSSR count). The van der Waals surface area contributed by atoms with E-state index in [-0.39, 0.29) is 11.4 Å². The van der Waals surface area contributed by atoms with Crippen molar-refractivity contribution in [1.82, 2.24) is 15.2 Å². The molecule has 0 atom stereocenters. The van der Waals surface area contributed by atoms with Gasteiger partial charge in [-0.05, 0) is 31.5 Å². The minimum Gasteiger partial charge on any atom is -0.342 e. The summed E-state index contributed by atoms with van der Waals surface area (Å²) >= 11 is 0. The fourth-order valence-electron chi connectivity index (χ4n) is 2.74. The van der Waals surface area contributed by atoms with Crippen molar-refractivity contribution in [2.45, 2.75) is 18.4 Å². The maximum Gasteiger partial charge on any atom is 0.253 e. The molecule has 0 aliphatic carbocycles. The zero-order valence-electron chi connectivity index (χ0n) is 9.36. The molecule has 2 aliphatic rings. The number of pyridine rings is 1. The number of nitrogens with zero attached hydrogens (tertiary/aromatic N) is 2. The number of aromatic nitrogens is 1. The van der Waals surface area contributed by atoms with E-state index >= 15 is 0 Å². The normalized spacial score (nSPS) is 23.2. The first kappa shape index (κ1) is 9.78. The summed E-state index contributed by atoms with van der Waals surface area (Å²) in [5.41, 5.74) is 1.77. The highest BCUT2D eigenvalue weighted by atomic mass is 16.2. The zero-order valence-corrected chi connectivity index (χ0v) is 9.36. The van der Waals surface area contributed by atoms with Gasteiger partial charge in [-0.25, -0.2) is 0 Å². The SMILES string of the molecule is CN1CCC2(CC1)NC(=O)c1cnccc12. The van der Waals surface area contributed by atoms with Crippen LogP contribution < -0.4 is 5.32 Å². The van der Waals surface area contributed by atoms with Crippen molar-refractivity contribution in [3.05, 3.63) is 29.6 Å². The van der Waals surface area contributed by atoms with Crippen LogP contribution in [0.4, 0.5) is 0 Å². The number of hydrogen-bond donors (Lipinski definition) is 1. The van der Waals surface area contributed by atoms with Crippen molar-refractivity contribution >= 4 is 5.91 Å². The van der Waals surface area contributed by atoms with Crippen LogP contribution in [0, 0.1) is 0 Å². The molecule has 0 saturated carbocycles. The van der Waals surface area contributed by atoms with Crippen LogP contribution in [0.3, 0.4) is 0 Å². The van der Waals surface area contributed by atoms with Crippen LogP contribution in [0.1, 0.15) is 28.8 Å². The Bertz CT molecular complexity index is 436. The molecule has 0 aromatic carbocycles. The van der Waals surface area contributed by atoms with Crippen LogP contribution >= 0.6 is 0 Å². The van der Waals surface area contributed by atoms with E-state index in [2.05, 4.69) is 22.2 Å². The molecule has 2 aliphatic heterocycles. The van der Waals surface area contributed by atoms with Gasteiger partial charge in [0.15, 0.2) is 0 Å². The van der Waals surface area contributed by atoms with Gasteiger partial charge in [0.05, 0.1) is 11.1 Å². The lowest BCUT2D eigenvalue weighted by molar-refractivity contribution is 0.0881. The smallest absolute Gasteiger partial charge is 0.253 e.